The maximum atomic E-state index is 13.5. The van der Waals surface area contributed by atoms with Crippen molar-refractivity contribution in [3.8, 4) is 0 Å². The fraction of sp³-hybridized carbons (Fsp3) is 0.538. The number of hydrogen-bond acceptors (Lipinski definition) is 5. The molecule has 0 bridgehead atoms. The minimum absolute atomic E-state index is 0.0335. The molecule has 40 heavy (non-hydrogen) atoms. The summed E-state index contributed by atoms with van der Waals surface area (Å²) in [4.78, 5) is 41.3. The number of hydrogen-bond donors (Lipinski definition) is 0. The molecule has 1 aromatic heterocycles. The number of likely N-dealkylation sites (tertiary alicyclic amines) is 2. The molecule has 0 radical (unpaired) electrons. The molecule has 14 heteroatoms. The Balaban J connectivity index is 1.27. The molecule has 5 rings (SSSR count). The molecule has 1 saturated carbocycles. The highest BCUT2D eigenvalue weighted by molar-refractivity contribution is 5.95. The minimum Gasteiger partial charge on any atom is -0.466 e. The van der Waals surface area contributed by atoms with E-state index in [2.05, 4.69) is 5.10 Å². The normalized spacial score (nSPS) is 21.3. The van der Waals surface area contributed by atoms with Gasteiger partial charge in [0.25, 0.3) is 5.91 Å². The van der Waals surface area contributed by atoms with E-state index in [4.69, 9.17) is 4.74 Å². The van der Waals surface area contributed by atoms with Gasteiger partial charge in [0.05, 0.1) is 36.4 Å². The lowest BCUT2D eigenvalue weighted by Crippen LogP contribution is -2.65. The van der Waals surface area contributed by atoms with Crippen LogP contribution >= 0.6 is 0 Å². The molecule has 8 nitrogen and oxygen atoms in total. The number of carbonyl (C=O) groups is 3. The molecule has 3 fully saturated rings. The van der Waals surface area contributed by atoms with Gasteiger partial charge in [-0.05, 0) is 37.5 Å². The highest BCUT2D eigenvalue weighted by atomic mass is 19.4. The first-order chi connectivity index (χ1) is 18.7. The van der Waals surface area contributed by atoms with Crippen molar-refractivity contribution in [2.75, 3.05) is 32.8 Å². The van der Waals surface area contributed by atoms with Crippen molar-refractivity contribution < 1.29 is 45.5 Å². The van der Waals surface area contributed by atoms with Crippen LogP contribution in [0.3, 0.4) is 0 Å². The molecule has 0 N–H and O–H groups in total. The van der Waals surface area contributed by atoms with Crippen LogP contribution in [-0.4, -0.2) is 76.3 Å². The second kappa shape index (κ2) is 9.51. The van der Waals surface area contributed by atoms with Gasteiger partial charge in [-0.3, -0.25) is 19.1 Å². The molecule has 216 valence electrons. The third-order valence-corrected chi connectivity index (χ3v) is 8.01. The first kappa shape index (κ1) is 28.0. The van der Waals surface area contributed by atoms with Crippen molar-refractivity contribution in [1.29, 1.82) is 0 Å². The maximum absolute atomic E-state index is 13.5. The largest absolute Gasteiger partial charge is 0.466 e. The minimum atomic E-state index is -4.65. The number of alkyl halides is 6. The van der Waals surface area contributed by atoms with Crippen molar-refractivity contribution in [2.24, 2.45) is 16.7 Å². The molecule has 3 heterocycles. The fourth-order valence-electron chi connectivity index (χ4n) is 5.64. The number of rotatable bonds is 6. The topological polar surface area (TPSA) is 84.7 Å². The molecule has 3 aliphatic rings. The third-order valence-electron chi connectivity index (χ3n) is 8.01. The van der Waals surface area contributed by atoms with Gasteiger partial charge in [0.15, 0.2) is 0 Å². The van der Waals surface area contributed by atoms with Gasteiger partial charge in [-0.1, -0.05) is 12.1 Å². The average Bonchev–Trinajstić information content (AvgIpc) is 3.40. The third kappa shape index (κ3) is 4.81. The van der Waals surface area contributed by atoms with Crippen LogP contribution in [0, 0.1) is 16.7 Å². The summed E-state index contributed by atoms with van der Waals surface area (Å²) in [6.07, 6.45) is -6.90. The number of carbonyl (C=O) groups excluding carboxylic acids is 3. The van der Waals surface area contributed by atoms with Crippen LogP contribution < -0.4 is 0 Å². The van der Waals surface area contributed by atoms with Gasteiger partial charge in [0.1, 0.15) is 5.41 Å². The Morgan fingerprint density at radius 3 is 2.17 bits per heavy atom. The highest BCUT2D eigenvalue weighted by Gasteiger charge is 2.71. The number of aromatic nitrogens is 2. The standard InChI is InChI=1S/C26H26F6N4O4/c1-2-40-21(38)19-12-34(13-23(19)14-35(15-23)22(39)24(7-8-24)26(30,31)32)20(37)17-9-33-36(11-17)10-16-3-5-18(6-4-16)25(27,28)29/h3-6,9,11,19H,2,7-8,10,12-15H2,1H3. The van der Waals surface area contributed by atoms with Gasteiger partial charge >= 0.3 is 18.3 Å². The molecule has 2 aliphatic heterocycles. The Bertz CT molecular complexity index is 1310. The first-order valence-electron chi connectivity index (χ1n) is 12.7. The lowest BCUT2D eigenvalue weighted by Gasteiger charge is -2.51. The maximum Gasteiger partial charge on any atom is 0.416 e. The molecule has 2 aromatic rings. The average molecular weight is 573 g/mol. The Morgan fingerprint density at radius 2 is 1.62 bits per heavy atom. The molecule has 1 unspecified atom stereocenters. The van der Waals surface area contributed by atoms with Gasteiger partial charge in [-0.2, -0.15) is 31.4 Å². The van der Waals surface area contributed by atoms with Gasteiger partial charge in [0.2, 0.25) is 5.91 Å². The van der Waals surface area contributed by atoms with E-state index in [-0.39, 0.29) is 57.7 Å². The second-order valence-corrected chi connectivity index (χ2v) is 10.7. The lowest BCUT2D eigenvalue weighted by atomic mass is 9.71. The number of esters is 1. The fourth-order valence-corrected chi connectivity index (χ4v) is 5.64. The summed E-state index contributed by atoms with van der Waals surface area (Å²) in [5, 5.41) is 4.12. The molecule has 1 aromatic carbocycles. The van der Waals surface area contributed by atoms with Gasteiger partial charge in [-0.25, -0.2) is 0 Å². The smallest absolute Gasteiger partial charge is 0.416 e. The zero-order valence-corrected chi connectivity index (χ0v) is 21.4. The van der Waals surface area contributed by atoms with Crippen molar-refractivity contribution in [1.82, 2.24) is 19.6 Å². The summed E-state index contributed by atoms with van der Waals surface area (Å²) >= 11 is 0. The number of amides is 2. The van der Waals surface area contributed by atoms with Crippen LogP contribution in [-0.2, 0) is 27.0 Å². The molecule has 1 aliphatic carbocycles. The van der Waals surface area contributed by atoms with Crippen molar-refractivity contribution in [2.45, 2.75) is 38.7 Å². The summed E-state index contributed by atoms with van der Waals surface area (Å²) in [6, 6.07) is 4.54. The number of benzene rings is 1. The summed E-state index contributed by atoms with van der Waals surface area (Å²) in [6.45, 7) is 1.63. The number of halogens is 6. The van der Waals surface area contributed by atoms with E-state index in [1.807, 2.05) is 0 Å². The van der Waals surface area contributed by atoms with Crippen LogP contribution in [0.1, 0.15) is 41.3 Å². The number of nitrogens with zero attached hydrogens (tertiary/aromatic N) is 4. The van der Waals surface area contributed by atoms with E-state index in [1.54, 1.807) is 6.92 Å². The Morgan fingerprint density at radius 1 is 1.00 bits per heavy atom. The number of ether oxygens (including phenoxy) is 1. The zero-order valence-electron chi connectivity index (χ0n) is 21.4. The lowest BCUT2D eigenvalue weighted by molar-refractivity contribution is -0.206. The predicted molar refractivity (Wildman–Crippen MR) is 126 cm³/mol. The van der Waals surface area contributed by atoms with Crippen LogP contribution in [0.2, 0.25) is 0 Å². The SMILES string of the molecule is CCOC(=O)C1CN(C(=O)c2cnn(Cc3ccc(C(F)(F)F)cc3)c2)CC12CN(C(=O)C1(C(F)(F)F)CC1)C2. The summed E-state index contributed by atoms with van der Waals surface area (Å²) in [5.41, 5.74) is -3.36. The molecule has 1 atom stereocenters. The monoisotopic (exact) mass is 572 g/mol. The van der Waals surface area contributed by atoms with Gasteiger partial charge < -0.3 is 14.5 Å². The van der Waals surface area contributed by atoms with Crippen molar-refractivity contribution >= 4 is 17.8 Å². The molecule has 1 spiro atoms. The molecular formula is C26H26F6N4O4. The van der Waals surface area contributed by atoms with Crippen LogP contribution in [0.25, 0.3) is 0 Å². The predicted octanol–water partition coefficient (Wildman–Crippen LogP) is 3.76. The second-order valence-electron chi connectivity index (χ2n) is 10.7. The van der Waals surface area contributed by atoms with Crippen LogP contribution in [0.15, 0.2) is 36.7 Å². The van der Waals surface area contributed by atoms with Crippen LogP contribution in [0.5, 0.6) is 0 Å². The quantitative estimate of drug-likeness (QED) is 0.389. The van der Waals surface area contributed by atoms with Crippen LogP contribution in [0.4, 0.5) is 26.3 Å². The summed E-state index contributed by atoms with van der Waals surface area (Å²) in [5.74, 6) is -2.87. The molecule has 2 amide bonds. The highest BCUT2D eigenvalue weighted by Crippen LogP contribution is 2.60. The molecule has 2 saturated heterocycles. The Kier molecular flexibility index (Phi) is 6.65. The van der Waals surface area contributed by atoms with E-state index < -0.39 is 52.4 Å². The van der Waals surface area contributed by atoms with Gasteiger partial charge in [-0.15, -0.1) is 0 Å². The summed E-state index contributed by atoms with van der Waals surface area (Å²) < 4.78 is 85.4. The van der Waals surface area contributed by atoms with Crippen molar-refractivity contribution in [3.63, 3.8) is 0 Å². The first-order valence-corrected chi connectivity index (χ1v) is 12.7. The van der Waals surface area contributed by atoms with E-state index in [0.29, 0.717) is 5.56 Å². The van der Waals surface area contributed by atoms with Gasteiger partial charge in [0, 0.05) is 37.8 Å². The van der Waals surface area contributed by atoms with Crippen molar-refractivity contribution in [3.05, 3.63) is 53.3 Å². The Hall–Kier alpha value is -3.58. The van der Waals surface area contributed by atoms with E-state index in [9.17, 15) is 40.7 Å². The zero-order chi connectivity index (χ0) is 29.1. The Labute approximate surface area is 224 Å². The van der Waals surface area contributed by atoms with E-state index in [1.165, 1.54) is 34.1 Å². The van der Waals surface area contributed by atoms with E-state index in [0.717, 1.165) is 17.0 Å². The molecular weight excluding hydrogens is 546 g/mol. The van der Waals surface area contributed by atoms with E-state index >= 15 is 0 Å². The summed E-state index contributed by atoms with van der Waals surface area (Å²) in [7, 11) is 0.